The Hall–Kier alpha value is -3.07. The molecule has 0 unspecified atom stereocenters. The van der Waals surface area contributed by atoms with E-state index in [0.717, 1.165) is 21.9 Å². The van der Waals surface area contributed by atoms with E-state index in [-0.39, 0.29) is 39.1 Å². The summed E-state index contributed by atoms with van der Waals surface area (Å²) in [4.78, 5) is 28.5. The zero-order chi connectivity index (χ0) is 28.7. The van der Waals surface area contributed by atoms with Gasteiger partial charge in [-0.05, 0) is 68.7 Å². The summed E-state index contributed by atoms with van der Waals surface area (Å²) in [5, 5.41) is 3.29. The number of aryl methyl sites for hydroxylation is 1. The molecule has 0 bridgehead atoms. The number of nitrogens with zero attached hydrogens (tertiary/aromatic N) is 2. The lowest BCUT2D eigenvalue weighted by Crippen LogP contribution is -2.52. The van der Waals surface area contributed by atoms with Gasteiger partial charge in [0.15, 0.2) is 0 Å². The van der Waals surface area contributed by atoms with E-state index in [9.17, 15) is 18.0 Å². The monoisotopic (exact) mass is 589 g/mol. The summed E-state index contributed by atoms with van der Waals surface area (Å²) in [5.41, 5.74) is 1.85. The van der Waals surface area contributed by atoms with Crippen LogP contribution in [0.4, 0.5) is 5.69 Å². The third-order valence-corrected chi connectivity index (χ3v) is 8.89. The normalized spacial score (nSPS) is 12.9. The second-order valence-electron chi connectivity index (χ2n) is 9.36. The minimum atomic E-state index is -4.23. The second-order valence-corrected chi connectivity index (χ2v) is 12.1. The van der Waals surface area contributed by atoms with Crippen molar-refractivity contribution in [2.45, 2.75) is 57.6 Å². The molecule has 3 rings (SSSR count). The van der Waals surface area contributed by atoms with Gasteiger partial charge in [0.05, 0.1) is 15.6 Å². The van der Waals surface area contributed by atoms with Gasteiger partial charge in [0.2, 0.25) is 11.8 Å². The Kier molecular flexibility index (Phi) is 10.4. The Morgan fingerprint density at radius 3 is 2.23 bits per heavy atom. The van der Waals surface area contributed by atoms with Crippen LogP contribution in [0.5, 0.6) is 0 Å². The third kappa shape index (κ3) is 7.53. The van der Waals surface area contributed by atoms with E-state index < -0.39 is 28.5 Å². The molecule has 39 heavy (non-hydrogen) atoms. The van der Waals surface area contributed by atoms with Gasteiger partial charge in [-0.3, -0.25) is 13.9 Å². The average Bonchev–Trinajstić information content (AvgIpc) is 2.92. The smallest absolute Gasteiger partial charge is 0.264 e. The minimum Gasteiger partial charge on any atom is -0.352 e. The molecule has 0 aliphatic heterocycles. The highest BCUT2D eigenvalue weighted by molar-refractivity contribution is 7.92. The van der Waals surface area contributed by atoms with Crippen molar-refractivity contribution in [3.63, 3.8) is 0 Å². The van der Waals surface area contributed by atoms with Crippen molar-refractivity contribution in [3.05, 3.63) is 94.0 Å². The van der Waals surface area contributed by atoms with Crippen LogP contribution in [0.15, 0.2) is 77.7 Å². The van der Waals surface area contributed by atoms with Gasteiger partial charge in [-0.15, -0.1) is 0 Å². The van der Waals surface area contributed by atoms with Gasteiger partial charge < -0.3 is 10.2 Å². The number of anilines is 1. The summed E-state index contributed by atoms with van der Waals surface area (Å²) in [6, 6.07) is 18.8. The van der Waals surface area contributed by atoms with Gasteiger partial charge in [0, 0.05) is 17.6 Å². The SMILES string of the molecule is CC[C@@H](C)NC(=O)[C@H](C)N(Cc1ccccc1C)C(=O)CN(c1cc(Cl)ccc1Cl)S(=O)(=O)c1ccccc1. The Balaban J connectivity index is 2.07. The number of carbonyl (C=O) groups is 2. The van der Waals surface area contributed by atoms with E-state index >= 15 is 0 Å². The fourth-order valence-electron chi connectivity index (χ4n) is 3.93. The lowest BCUT2D eigenvalue weighted by Gasteiger charge is -2.33. The van der Waals surface area contributed by atoms with Crippen molar-refractivity contribution in [2.24, 2.45) is 0 Å². The van der Waals surface area contributed by atoms with Crippen LogP contribution in [0.2, 0.25) is 10.0 Å². The molecule has 0 spiro atoms. The quantitative estimate of drug-likeness (QED) is 0.305. The van der Waals surface area contributed by atoms with E-state index in [1.807, 2.05) is 45.0 Å². The molecule has 0 saturated heterocycles. The molecular formula is C29H33Cl2N3O4S. The maximum atomic E-state index is 14.0. The molecule has 0 aliphatic rings. The van der Waals surface area contributed by atoms with Gasteiger partial charge in [0.1, 0.15) is 12.6 Å². The number of halogens is 2. The molecule has 3 aromatic carbocycles. The largest absolute Gasteiger partial charge is 0.352 e. The van der Waals surface area contributed by atoms with Crippen LogP contribution in [0.3, 0.4) is 0 Å². The molecule has 0 heterocycles. The number of nitrogens with one attached hydrogen (secondary N) is 1. The molecule has 3 aromatic rings. The Labute approximate surface area is 240 Å². The first-order valence-corrected chi connectivity index (χ1v) is 14.8. The maximum absolute atomic E-state index is 14.0. The van der Waals surface area contributed by atoms with E-state index in [2.05, 4.69) is 5.32 Å². The van der Waals surface area contributed by atoms with E-state index in [4.69, 9.17) is 23.2 Å². The minimum absolute atomic E-state index is 0.0122. The second kappa shape index (κ2) is 13.3. The van der Waals surface area contributed by atoms with Crippen LogP contribution in [0, 0.1) is 6.92 Å². The first kappa shape index (κ1) is 30.5. The van der Waals surface area contributed by atoms with Crippen molar-refractivity contribution < 1.29 is 18.0 Å². The number of hydrogen-bond donors (Lipinski definition) is 1. The Morgan fingerprint density at radius 2 is 1.59 bits per heavy atom. The van der Waals surface area contributed by atoms with Crippen molar-refractivity contribution in [3.8, 4) is 0 Å². The molecule has 1 N–H and O–H groups in total. The predicted molar refractivity (Wildman–Crippen MR) is 157 cm³/mol. The highest BCUT2D eigenvalue weighted by Gasteiger charge is 2.33. The van der Waals surface area contributed by atoms with Crippen LogP contribution in [0.25, 0.3) is 0 Å². The molecular weight excluding hydrogens is 557 g/mol. The summed E-state index contributed by atoms with van der Waals surface area (Å²) in [6.45, 7) is 6.91. The van der Waals surface area contributed by atoms with Crippen LogP contribution >= 0.6 is 23.2 Å². The molecule has 0 radical (unpaired) electrons. The lowest BCUT2D eigenvalue weighted by atomic mass is 10.1. The zero-order valence-electron chi connectivity index (χ0n) is 22.4. The summed E-state index contributed by atoms with van der Waals surface area (Å²) in [5.74, 6) is -0.898. The van der Waals surface area contributed by atoms with Crippen LogP contribution in [-0.4, -0.2) is 43.8 Å². The number of benzene rings is 3. The molecule has 0 saturated carbocycles. The molecule has 0 aliphatic carbocycles. The summed E-state index contributed by atoms with van der Waals surface area (Å²) < 4.78 is 28.6. The van der Waals surface area contributed by atoms with Crippen molar-refractivity contribution >= 4 is 50.7 Å². The van der Waals surface area contributed by atoms with Crippen molar-refractivity contribution in [1.29, 1.82) is 0 Å². The molecule has 2 atom stereocenters. The molecule has 2 amide bonds. The molecule has 208 valence electrons. The Morgan fingerprint density at radius 1 is 0.949 bits per heavy atom. The van der Waals surface area contributed by atoms with E-state index in [0.29, 0.717) is 0 Å². The maximum Gasteiger partial charge on any atom is 0.264 e. The van der Waals surface area contributed by atoms with E-state index in [1.165, 1.54) is 35.2 Å². The van der Waals surface area contributed by atoms with Crippen LogP contribution in [-0.2, 0) is 26.2 Å². The van der Waals surface area contributed by atoms with Gasteiger partial charge >= 0.3 is 0 Å². The number of amides is 2. The van der Waals surface area contributed by atoms with Crippen molar-refractivity contribution in [1.82, 2.24) is 10.2 Å². The Bertz CT molecular complexity index is 1420. The number of rotatable bonds is 11. The van der Waals surface area contributed by atoms with Gasteiger partial charge in [0.25, 0.3) is 10.0 Å². The molecule has 0 fully saturated rings. The topological polar surface area (TPSA) is 86.8 Å². The van der Waals surface area contributed by atoms with Gasteiger partial charge in [-0.25, -0.2) is 8.42 Å². The predicted octanol–water partition coefficient (Wildman–Crippen LogP) is 5.83. The zero-order valence-corrected chi connectivity index (χ0v) is 24.7. The number of carbonyl (C=O) groups excluding carboxylic acids is 2. The average molecular weight is 591 g/mol. The summed E-state index contributed by atoms with van der Waals surface area (Å²) in [6.07, 6.45) is 0.723. The van der Waals surface area contributed by atoms with Crippen LogP contribution in [0.1, 0.15) is 38.3 Å². The highest BCUT2D eigenvalue weighted by Crippen LogP contribution is 2.33. The molecule has 10 heteroatoms. The fraction of sp³-hybridized carbons (Fsp3) is 0.310. The standard InChI is InChI=1S/C29H33Cl2N3O4S/c1-5-21(3)32-29(36)22(4)33(18-23-12-10-9-11-20(23)2)28(35)19-34(27-17-24(30)15-16-26(27)31)39(37,38)25-13-7-6-8-14-25/h6-17,21-22H,5,18-19H2,1-4H3,(H,32,36)/t21-,22+/m1/s1. The summed E-state index contributed by atoms with van der Waals surface area (Å²) >= 11 is 12.6. The summed E-state index contributed by atoms with van der Waals surface area (Å²) in [7, 11) is -4.23. The molecule has 7 nitrogen and oxygen atoms in total. The number of hydrogen-bond acceptors (Lipinski definition) is 4. The first-order valence-electron chi connectivity index (χ1n) is 12.6. The van der Waals surface area contributed by atoms with Gasteiger partial charge in [-0.2, -0.15) is 0 Å². The van der Waals surface area contributed by atoms with E-state index in [1.54, 1.807) is 25.1 Å². The first-order chi connectivity index (χ1) is 18.4. The van der Waals surface area contributed by atoms with Gasteiger partial charge in [-0.1, -0.05) is 72.6 Å². The lowest BCUT2D eigenvalue weighted by molar-refractivity contribution is -0.139. The number of sulfonamides is 1. The van der Waals surface area contributed by atoms with Crippen molar-refractivity contribution in [2.75, 3.05) is 10.8 Å². The highest BCUT2D eigenvalue weighted by atomic mass is 35.5. The van der Waals surface area contributed by atoms with Crippen LogP contribution < -0.4 is 9.62 Å². The third-order valence-electron chi connectivity index (χ3n) is 6.56. The molecule has 0 aromatic heterocycles. The fourth-order valence-corrected chi connectivity index (χ4v) is 5.81.